The van der Waals surface area contributed by atoms with E-state index < -0.39 is 17.4 Å². The van der Waals surface area contributed by atoms with Gasteiger partial charge in [0, 0.05) is 5.56 Å². The lowest BCUT2D eigenvalue weighted by Gasteiger charge is -2.00. The Labute approximate surface area is 115 Å². The fourth-order valence-electron chi connectivity index (χ4n) is 1.66. The molecule has 0 N–H and O–H groups in total. The molecule has 0 radical (unpaired) electrons. The van der Waals surface area contributed by atoms with Gasteiger partial charge in [-0.1, -0.05) is 18.2 Å². The standard InChI is InChI=1S/C16H12F2O2/c1-20-13-4-2-3-11(9-13)5-8-16(19)12-6-7-14(17)15(18)10-12/h2-10H,1H3/b8-5-. The van der Waals surface area contributed by atoms with Crippen LogP contribution in [0.3, 0.4) is 0 Å². The van der Waals surface area contributed by atoms with E-state index in [1.54, 1.807) is 37.5 Å². The molecule has 0 aliphatic carbocycles. The summed E-state index contributed by atoms with van der Waals surface area (Å²) in [6, 6.07) is 10.2. The van der Waals surface area contributed by atoms with Crippen LogP contribution in [0, 0.1) is 11.6 Å². The molecule has 0 aromatic heterocycles. The highest BCUT2D eigenvalue weighted by Crippen LogP contribution is 2.15. The van der Waals surface area contributed by atoms with Crippen molar-refractivity contribution in [3.63, 3.8) is 0 Å². The fraction of sp³-hybridized carbons (Fsp3) is 0.0625. The van der Waals surface area contributed by atoms with Crippen LogP contribution < -0.4 is 4.74 Å². The molecule has 2 aromatic carbocycles. The van der Waals surface area contributed by atoms with E-state index in [2.05, 4.69) is 0 Å². The summed E-state index contributed by atoms with van der Waals surface area (Å²) < 4.78 is 30.9. The van der Waals surface area contributed by atoms with Crippen LogP contribution in [0.4, 0.5) is 8.78 Å². The fourth-order valence-corrected chi connectivity index (χ4v) is 1.66. The third-order valence-electron chi connectivity index (χ3n) is 2.73. The first-order valence-corrected chi connectivity index (χ1v) is 5.91. The highest BCUT2D eigenvalue weighted by Gasteiger charge is 2.07. The maximum atomic E-state index is 13.0. The molecule has 0 bridgehead atoms. The Kier molecular flexibility index (Phi) is 4.25. The lowest BCUT2D eigenvalue weighted by atomic mass is 10.1. The summed E-state index contributed by atoms with van der Waals surface area (Å²) in [4.78, 5) is 11.8. The molecule has 102 valence electrons. The maximum Gasteiger partial charge on any atom is 0.185 e. The van der Waals surface area contributed by atoms with Gasteiger partial charge in [-0.2, -0.15) is 0 Å². The predicted molar refractivity (Wildman–Crippen MR) is 72.7 cm³/mol. The molecular weight excluding hydrogens is 262 g/mol. The molecule has 2 aromatic rings. The van der Waals surface area contributed by atoms with Gasteiger partial charge in [-0.05, 0) is 42.0 Å². The number of ketones is 1. The summed E-state index contributed by atoms with van der Waals surface area (Å²) in [5.41, 5.74) is 0.878. The van der Waals surface area contributed by atoms with Crippen LogP contribution in [0.15, 0.2) is 48.5 Å². The summed E-state index contributed by atoms with van der Waals surface area (Å²) in [6.45, 7) is 0. The van der Waals surface area contributed by atoms with Crippen LogP contribution in [0.5, 0.6) is 5.75 Å². The van der Waals surface area contributed by atoms with Gasteiger partial charge in [0.1, 0.15) is 5.75 Å². The van der Waals surface area contributed by atoms with E-state index in [1.165, 1.54) is 12.1 Å². The minimum Gasteiger partial charge on any atom is -0.497 e. The Bertz CT molecular complexity index is 663. The van der Waals surface area contributed by atoms with Gasteiger partial charge < -0.3 is 4.74 Å². The summed E-state index contributed by atoms with van der Waals surface area (Å²) in [7, 11) is 1.55. The van der Waals surface area contributed by atoms with E-state index in [1.807, 2.05) is 0 Å². The number of carbonyl (C=O) groups is 1. The third-order valence-corrected chi connectivity index (χ3v) is 2.73. The average Bonchev–Trinajstić information content (AvgIpc) is 2.47. The molecule has 0 atom stereocenters. The normalized spacial score (nSPS) is 10.8. The number of carbonyl (C=O) groups excluding carboxylic acids is 1. The molecule has 2 rings (SSSR count). The number of methoxy groups -OCH3 is 1. The first kappa shape index (κ1) is 13.9. The highest BCUT2D eigenvalue weighted by molar-refractivity contribution is 6.06. The van der Waals surface area contributed by atoms with Crippen molar-refractivity contribution >= 4 is 11.9 Å². The lowest BCUT2D eigenvalue weighted by molar-refractivity contribution is 0.104. The number of rotatable bonds is 4. The number of benzene rings is 2. The van der Waals surface area contributed by atoms with Gasteiger partial charge in [-0.3, -0.25) is 4.79 Å². The van der Waals surface area contributed by atoms with E-state index in [-0.39, 0.29) is 5.56 Å². The summed E-state index contributed by atoms with van der Waals surface area (Å²) >= 11 is 0. The number of ether oxygens (including phenoxy) is 1. The van der Waals surface area contributed by atoms with Crippen LogP contribution in [0.2, 0.25) is 0 Å². The van der Waals surface area contributed by atoms with Gasteiger partial charge in [0.15, 0.2) is 17.4 Å². The second-order valence-corrected chi connectivity index (χ2v) is 4.10. The van der Waals surface area contributed by atoms with Crippen LogP contribution in [-0.4, -0.2) is 12.9 Å². The van der Waals surface area contributed by atoms with Crippen molar-refractivity contribution in [1.29, 1.82) is 0 Å². The lowest BCUT2D eigenvalue weighted by Crippen LogP contribution is -1.96. The molecule has 0 fully saturated rings. The number of hydrogen-bond acceptors (Lipinski definition) is 2. The van der Waals surface area contributed by atoms with Crippen molar-refractivity contribution < 1.29 is 18.3 Å². The molecule has 0 heterocycles. The van der Waals surface area contributed by atoms with Crippen molar-refractivity contribution in [3.05, 3.63) is 71.3 Å². The molecule has 0 saturated carbocycles. The second-order valence-electron chi connectivity index (χ2n) is 4.10. The summed E-state index contributed by atoms with van der Waals surface area (Å²) in [6.07, 6.45) is 2.90. The van der Waals surface area contributed by atoms with E-state index in [0.29, 0.717) is 5.75 Å². The topological polar surface area (TPSA) is 26.3 Å². The SMILES string of the molecule is COc1cccc(/C=C\C(=O)c2ccc(F)c(F)c2)c1. The van der Waals surface area contributed by atoms with Gasteiger partial charge in [0.25, 0.3) is 0 Å². The molecule has 0 unspecified atom stereocenters. The number of hydrogen-bond donors (Lipinski definition) is 0. The van der Waals surface area contributed by atoms with Gasteiger partial charge in [-0.25, -0.2) is 8.78 Å². The zero-order valence-electron chi connectivity index (χ0n) is 10.8. The van der Waals surface area contributed by atoms with Crippen molar-refractivity contribution in [3.8, 4) is 5.75 Å². The summed E-state index contributed by atoms with van der Waals surface area (Å²) in [5, 5.41) is 0. The Balaban J connectivity index is 2.17. The van der Waals surface area contributed by atoms with E-state index in [9.17, 15) is 13.6 Å². The number of allylic oxidation sites excluding steroid dienone is 1. The molecule has 0 spiro atoms. The monoisotopic (exact) mass is 274 g/mol. The van der Waals surface area contributed by atoms with Crippen LogP contribution in [0.1, 0.15) is 15.9 Å². The average molecular weight is 274 g/mol. The van der Waals surface area contributed by atoms with Gasteiger partial charge in [0.05, 0.1) is 7.11 Å². The van der Waals surface area contributed by atoms with Crippen molar-refractivity contribution in [2.75, 3.05) is 7.11 Å². The van der Waals surface area contributed by atoms with Crippen molar-refractivity contribution in [1.82, 2.24) is 0 Å². The molecule has 0 aliphatic heterocycles. The zero-order chi connectivity index (χ0) is 14.5. The zero-order valence-corrected chi connectivity index (χ0v) is 10.8. The molecule has 0 amide bonds. The Morgan fingerprint density at radius 3 is 2.60 bits per heavy atom. The minimum atomic E-state index is -1.04. The molecule has 0 aliphatic rings. The van der Waals surface area contributed by atoms with Gasteiger partial charge in [0.2, 0.25) is 0 Å². The van der Waals surface area contributed by atoms with E-state index in [4.69, 9.17) is 4.74 Å². The summed E-state index contributed by atoms with van der Waals surface area (Å²) in [5.74, 6) is -1.73. The van der Waals surface area contributed by atoms with Crippen LogP contribution in [0.25, 0.3) is 6.08 Å². The molecule has 0 saturated heterocycles. The minimum absolute atomic E-state index is 0.100. The Morgan fingerprint density at radius 2 is 1.90 bits per heavy atom. The van der Waals surface area contributed by atoms with Crippen molar-refractivity contribution in [2.45, 2.75) is 0 Å². The molecule has 2 nitrogen and oxygen atoms in total. The first-order valence-electron chi connectivity index (χ1n) is 5.91. The maximum absolute atomic E-state index is 13.0. The smallest absolute Gasteiger partial charge is 0.185 e. The second kappa shape index (κ2) is 6.10. The Morgan fingerprint density at radius 1 is 1.10 bits per heavy atom. The predicted octanol–water partition coefficient (Wildman–Crippen LogP) is 3.87. The van der Waals surface area contributed by atoms with Gasteiger partial charge >= 0.3 is 0 Å². The van der Waals surface area contributed by atoms with E-state index in [0.717, 1.165) is 17.7 Å². The number of halogens is 2. The van der Waals surface area contributed by atoms with Crippen molar-refractivity contribution in [2.24, 2.45) is 0 Å². The molecule has 4 heteroatoms. The van der Waals surface area contributed by atoms with Crippen LogP contribution in [-0.2, 0) is 0 Å². The largest absolute Gasteiger partial charge is 0.497 e. The van der Waals surface area contributed by atoms with Gasteiger partial charge in [-0.15, -0.1) is 0 Å². The third kappa shape index (κ3) is 3.29. The van der Waals surface area contributed by atoms with Crippen LogP contribution >= 0.6 is 0 Å². The highest BCUT2D eigenvalue weighted by atomic mass is 19.2. The molecule has 20 heavy (non-hydrogen) atoms. The first-order chi connectivity index (χ1) is 9.60. The molecular formula is C16H12F2O2. The van der Waals surface area contributed by atoms with E-state index >= 15 is 0 Å². The Hall–Kier alpha value is -2.49. The quantitative estimate of drug-likeness (QED) is 0.625.